The molecule has 1 saturated heterocycles. The molecular weight excluding hydrogens is 690 g/mol. The highest BCUT2D eigenvalue weighted by Gasteiger charge is 2.66. The smallest absolute Gasteiger partial charge is 0.339 e. The summed E-state index contributed by atoms with van der Waals surface area (Å²) in [4.78, 5) is 71.9. The van der Waals surface area contributed by atoms with Gasteiger partial charge in [-0.2, -0.15) is 0 Å². The van der Waals surface area contributed by atoms with E-state index in [1.807, 2.05) is 30.3 Å². The second-order valence-electron chi connectivity index (χ2n) is 14.1. The molecule has 272 valence electrons. The number of fused-ring (bicyclic) bond motifs is 4. The Labute approximate surface area is 309 Å². The quantitative estimate of drug-likeness (QED) is 0.156. The van der Waals surface area contributed by atoms with E-state index < -0.39 is 58.5 Å². The summed E-state index contributed by atoms with van der Waals surface area (Å²) in [5, 5.41) is 30.7. The fourth-order valence-corrected chi connectivity index (χ4v) is 9.49. The number of Topliss-reactive ketones (excluding diaryl/α,β-unsaturated/α-hetero) is 1. The van der Waals surface area contributed by atoms with Gasteiger partial charge in [0.2, 0.25) is 11.8 Å². The summed E-state index contributed by atoms with van der Waals surface area (Å²) >= 11 is 0. The van der Waals surface area contributed by atoms with Crippen molar-refractivity contribution in [2.45, 2.75) is 24.2 Å². The number of carboxylic acids is 1. The molecule has 4 aromatic carbocycles. The molecule has 6 atom stereocenters. The number of carboxylic acid groups (broad SMARTS) is 1. The second-order valence-corrected chi connectivity index (χ2v) is 14.1. The normalized spacial score (nSPS) is 26.0. The molecule has 3 N–H and O–H groups in total. The fourth-order valence-electron chi connectivity index (χ4n) is 9.49. The van der Waals surface area contributed by atoms with Crippen molar-refractivity contribution in [1.29, 1.82) is 0 Å². The first kappa shape index (κ1) is 34.6. The number of ketones is 2. The number of amides is 2. The Morgan fingerprint density at radius 1 is 0.815 bits per heavy atom. The van der Waals surface area contributed by atoms with Crippen LogP contribution in [0.2, 0.25) is 0 Å². The van der Waals surface area contributed by atoms with Crippen molar-refractivity contribution in [2.24, 2.45) is 23.7 Å². The first-order valence-corrected chi connectivity index (χ1v) is 17.5. The highest BCUT2D eigenvalue weighted by Crippen LogP contribution is 2.65. The van der Waals surface area contributed by atoms with E-state index in [0.29, 0.717) is 22.3 Å². The van der Waals surface area contributed by atoms with E-state index in [9.17, 15) is 29.7 Å². The van der Waals surface area contributed by atoms with Gasteiger partial charge in [-0.05, 0) is 48.1 Å². The lowest BCUT2D eigenvalue weighted by Gasteiger charge is -2.55. The zero-order valence-corrected chi connectivity index (χ0v) is 29.3. The Kier molecular flexibility index (Phi) is 8.24. The lowest BCUT2D eigenvalue weighted by Crippen LogP contribution is -2.59. The number of rotatable bonds is 7. The van der Waals surface area contributed by atoms with Crippen molar-refractivity contribution in [1.82, 2.24) is 0 Å². The maximum atomic E-state index is 15.3. The van der Waals surface area contributed by atoms with Gasteiger partial charge < -0.3 is 24.8 Å². The van der Waals surface area contributed by atoms with Crippen molar-refractivity contribution < 1.29 is 48.8 Å². The number of aromatic hydroxyl groups is 2. The Morgan fingerprint density at radius 2 is 1.46 bits per heavy atom. The number of phenols is 2. The number of anilines is 1. The van der Waals surface area contributed by atoms with Crippen LogP contribution in [0.3, 0.4) is 0 Å². The Morgan fingerprint density at radius 3 is 2.07 bits per heavy atom. The number of imide groups is 1. The molecule has 0 bridgehead atoms. The number of carbonyl (C=O) groups is 5. The molecular formula is C43H35NO10. The molecule has 54 heavy (non-hydrogen) atoms. The van der Waals surface area contributed by atoms with Crippen molar-refractivity contribution in [2.75, 3.05) is 19.1 Å². The topological polar surface area (TPSA) is 168 Å². The standard InChI is InChI=1S/C43H35NO10/c1-53-33-18-25(45)19-34(54-2)37(33)38-26-15-16-28-36(41(50)44(40(28)49)24-13-14-27(42(51)52)32(46)17-24)30(26)20-31-39(48)29(22-9-5-3-6-10-22)21-35(47)43(31,38)23-11-7-4-8-12-23/h3-15,17-19,21,28,30-31,36,38,45-46H,16,20H2,1-2H3,(H,51,52)/t28-,30+,31-,36-,38+,43-/m0/s1. The van der Waals surface area contributed by atoms with E-state index in [0.717, 1.165) is 17.0 Å². The molecule has 0 spiro atoms. The minimum Gasteiger partial charge on any atom is -0.508 e. The van der Waals surface area contributed by atoms with Crippen LogP contribution in [0.4, 0.5) is 5.69 Å². The molecule has 2 fully saturated rings. The van der Waals surface area contributed by atoms with E-state index >= 15 is 9.59 Å². The van der Waals surface area contributed by atoms with E-state index in [1.54, 1.807) is 36.4 Å². The average Bonchev–Trinajstić information content (AvgIpc) is 3.44. The Bertz CT molecular complexity index is 2310. The van der Waals surface area contributed by atoms with Crippen molar-refractivity contribution in [3.8, 4) is 23.0 Å². The summed E-state index contributed by atoms with van der Waals surface area (Å²) in [6.45, 7) is 0. The number of allylic oxidation sites excluding steroid dienone is 4. The van der Waals surface area contributed by atoms with Crippen LogP contribution in [-0.4, -0.2) is 58.9 Å². The highest BCUT2D eigenvalue weighted by atomic mass is 16.5. The van der Waals surface area contributed by atoms with Crippen molar-refractivity contribution in [3.05, 3.63) is 131 Å². The molecule has 8 rings (SSSR count). The molecule has 1 aliphatic heterocycles. The number of methoxy groups -OCH3 is 2. The van der Waals surface area contributed by atoms with Crippen LogP contribution >= 0.6 is 0 Å². The average molecular weight is 726 g/mol. The van der Waals surface area contributed by atoms with Crippen LogP contribution in [0.5, 0.6) is 23.0 Å². The summed E-state index contributed by atoms with van der Waals surface area (Å²) in [5.41, 5.74) is 0.521. The molecule has 11 heteroatoms. The molecule has 4 aromatic rings. The van der Waals surface area contributed by atoms with Crippen LogP contribution in [0.1, 0.15) is 45.8 Å². The molecule has 3 aliphatic carbocycles. The molecule has 1 heterocycles. The van der Waals surface area contributed by atoms with Gasteiger partial charge in [-0.1, -0.05) is 72.3 Å². The van der Waals surface area contributed by atoms with Gasteiger partial charge in [0.1, 0.15) is 28.6 Å². The van der Waals surface area contributed by atoms with Crippen LogP contribution in [0.25, 0.3) is 5.57 Å². The van der Waals surface area contributed by atoms with Gasteiger partial charge in [-0.3, -0.25) is 19.2 Å². The van der Waals surface area contributed by atoms with Crippen LogP contribution < -0.4 is 14.4 Å². The van der Waals surface area contributed by atoms with Crippen LogP contribution in [-0.2, 0) is 24.6 Å². The molecule has 4 aliphatic rings. The Balaban J connectivity index is 1.38. The number of hydrogen-bond donors (Lipinski definition) is 3. The van der Waals surface area contributed by atoms with Gasteiger partial charge in [0, 0.05) is 41.2 Å². The third-order valence-corrected chi connectivity index (χ3v) is 11.7. The molecule has 0 radical (unpaired) electrons. The van der Waals surface area contributed by atoms with E-state index in [-0.39, 0.29) is 58.5 Å². The third kappa shape index (κ3) is 4.91. The molecule has 1 saturated carbocycles. The van der Waals surface area contributed by atoms with Gasteiger partial charge >= 0.3 is 5.97 Å². The van der Waals surface area contributed by atoms with Gasteiger partial charge in [-0.15, -0.1) is 0 Å². The van der Waals surface area contributed by atoms with Gasteiger partial charge in [-0.25, -0.2) is 9.69 Å². The molecule has 0 unspecified atom stereocenters. The number of hydrogen-bond acceptors (Lipinski definition) is 9. The number of nitrogens with zero attached hydrogens (tertiary/aromatic N) is 1. The number of phenolic OH excluding ortho intramolecular Hbond substituents is 1. The number of carbonyl (C=O) groups excluding carboxylic acids is 4. The van der Waals surface area contributed by atoms with E-state index in [2.05, 4.69) is 0 Å². The number of benzene rings is 4. The van der Waals surface area contributed by atoms with Gasteiger partial charge in [0.05, 0.1) is 37.2 Å². The predicted molar refractivity (Wildman–Crippen MR) is 195 cm³/mol. The summed E-state index contributed by atoms with van der Waals surface area (Å²) in [7, 11) is 2.86. The van der Waals surface area contributed by atoms with E-state index in [1.165, 1.54) is 38.5 Å². The maximum absolute atomic E-state index is 15.3. The molecule has 2 amide bonds. The lowest BCUT2D eigenvalue weighted by atomic mass is 9.44. The minimum atomic E-state index is -1.56. The summed E-state index contributed by atoms with van der Waals surface area (Å²) in [6.07, 6.45) is 3.47. The van der Waals surface area contributed by atoms with E-state index in [4.69, 9.17) is 9.47 Å². The summed E-state index contributed by atoms with van der Waals surface area (Å²) in [5.74, 6) is -7.92. The third-order valence-electron chi connectivity index (χ3n) is 11.7. The van der Waals surface area contributed by atoms with Gasteiger partial charge in [0.15, 0.2) is 11.6 Å². The van der Waals surface area contributed by atoms with Crippen molar-refractivity contribution >= 4 is 40.6 Å². The number of aromatic carboxylic acids is 1. The van der Waals surface area contributed by atoms with Crippen LogP contribution in [0.15, 0.2) is 109 Å². The largest absolute Gasteiger partial charge is 0.508 e. The monoisotopic (exact) mass is 725 g/mol. The lowest BCUT2D eigenvalue weighted by molar-refractivity contribution is -0.135. The first-order valence-electron chi connectivity index (χ1n) is 17.5. The second kappa shape index (κ2) is 12.9. The number of ether oxygens (including phenoxy) is 2. The SMILES string of the molecule is COc1cc(O)cc(OC)c1[C@H]1C2=CC[C@@H]3C(=O)N(c4ccc(C(=O)O)c(O)c4)C(=O)[C@@H]3[C@@H]2C[C@H]2C(=O)C(c3ccccc3)=CC(=O)[C@@]12c1ccccc1. The fraction of sp³-hybridized carbons (Fsp3) is 0.233. The maximum Gasteiger partial charge on any atom is 0.339 e. The zero-order chi connectivity index (χ0) is 38.1. The zero-order valence-electron chi connectivity index (χ0n) is 29.3. The highest BCUT2D eigenvalue weighted by molar-refractivity contribution is 6.32. The predicted octanol–water partition coefficient (Wildman–Crippen LogP) is 5.84. The van der Waals surface area contributed by atoms with Crippen LogP contribution in [0, 0.1) is 23.7 Å². The van der Waals surface area contributed by atoms with Crippen molar-refractivity contribution in [3.63, 3.8) is 0 Å². The first-order chi connectivity index (χ1) is 26.0. The Hall–Kier alpha value is -6.49. The minimum absolute atomic E-state index is 0.0227. The molecule has 0 aromatic heterocycles. The summed E-state index contributed by atoms with van der Waals surface area (Å²) < 4.78 is 11.8. The molecule has 11 nitrogen and oxygen atoms in total. The van der Waals surface area contributed by atoms with Gasteiger partial charge in [0.25, 0.3) is 0 Å². The summed E-state index contributed by atoms with van der Waals surface area (Å²) in [6, 6.07) is 24.3.